The second-order valence-electron chi connectivity index (χ2n) is 5.50. The lowest BCUT2D eigenvalue weighted by atomic mass is 9.86. The summed E-state index contributed by atoms with van der Waals surface area (Å²) < 4.78 is 4.76. The monoisotopic (exact) mass is 309 g/mol. The van der Waals surface area contributed by atoms with Crippen LogP contribution in [-0.2, 0) is 9.53 Å². The van der Waals surface area contributed by atoms with E-state index in [-0.39, 0.29) is 23.8 Å². The molecule has 1 aliphatic rings. The minimum Gasteiger partial charge on any atom is -0.469 e. The van der Waals surface area contributed by atoms with Crippen molar-refractivity contribution in [1.82, 2.24) is 5.32 Å². The molecule has 0 unspecified atom stereocenters. The van der Waals surface area contributed by atoms with Crippen LogP contribution >= 0.6 is 11.6 Å². The number of aryl methyl sites for hydroxylation is 1. The number of ether oxygens (including phenoxy) is 1. The number of carbonyl (C=O) groups is 2. The van der Waals surface area contributed by atoms with Crippen molar-refractivity contribution >= 4 is 23.5 Å². The van der Waals surface area contributed by atoms with E-state index in [4.69, 9.17) is 16.3 Å². The highest BCUT2D eigenvalue weighted by Crippen LogP contribution is 2.25. The van der Waals surface area contributed by atoms with Crippen LogP contribution in [0.15, 0.2) is 18.2 Å². The molecular formula is C16H20ClNO3. The molecule has 1 N–H and O–H groups in total. The molecule has 5 heteroatoms. The van der Waals surface area contributed by atoms with Gasteiger partial charge in [0.25, 0.3) is 5.91 Å². The van der Waals surface area contributed by atoms with E-state index in [2.05, 4.69) is 5.32 Å². The average molecular weight is 310 g/mol. The summed E-state index contributed by atoms with van der Waals surface area (Å²) in [6, 6.07) is 5.41. The Hall–Kier alpha value is -1.55. The number of amides is 1. The van der Waals surface area contributed by atoms with Crippen LogP contribution in [0.1, 0.15) is 41.6 Å². The van der Waals surface area contributed by atoms with E-state index < -0.39 is 0 Å². The Balaban J connectivity index is 1.93. The quantitative estimate of drug-likeness (QED) is 0.873. The van der Waals surface area contributed by atoms with E-state index in [1.54, 1.807) is 12.1 Å². The predicted molar refractivity (Wildman–Crippen MR) is 81.4 cm³/mol. The average Bonchev–Trinajstić information content (AvgIpc) is 2.49. The van der Waals surface area contributed by atoms with Crippen LogP contribution < -0.4 is 5.32 Å². The number of halogens is 1. The van der Waals surface area contributed by atoms with E-state index in [1.165, 1.54) is 7.11 Å². The third kappa shape index (κ3) is 3.97. The van der Waals surface area contributed by atoms with Crippen molar-refractivity contribution in [3.63, 3.8) is 0 Å². The Labute approximate surface area is 129 Å². The van der Waals surface area contributed by atoms with Crippen molar-refractivity contribution in [2.75, 3.05) is 7.11 Å². The SMILES string of the molecule is COC(=O)C1CCC(NC(=O)c2cc(Cl)ccc2C)CC1. The number of methoxy groups -OCH3 is 1. The van der Waals surface area contributed by atoms with E-state index in [0.717, 1.165) is 31.2 Å². The summed E-state index contributed by atoms with van der Waals surface area (Å²) in [5, 5.41) is 3.59. The van der Waals surface area contributed by atoms with Crippen molar-refractivity contribution in [2.24, 2.45) is 5.92 Å². The summed E-state index contributed by atoms with van der Waals surface area (Å²) >= 11 is 5.94. The van der Waals surface area contributed by atoms with Crippen molar-refractivity contribution in [3.8, 4) is 0 Å². The summed E-state index contributed by atoms with van der Waals surface area (Å²) in [4.78, 5) is 23.8. The van der Waals surface area contributed by atoms with Crippen LogP contribution in [0.3, 0.4) is 0 Å². The molecule has 0 atom stereocenters. The van der Waals surface area contributed by atoms with Crippen LogP contribution in [0.2, 0.25) is 5.02 Å². The largest absolute Gasteiger partial charge is 0.469 e. The first-order valence-corrected chi connectivity index (χ1v) is 7.54. The zero-order valence-electron chi connectivity index (χ0n) is 12.3. The fraction of sp³-hybridized carbons (Fsp3) is 0.500. The van der Waals surface area contributed by atoms with Gasteiger partial charge < -0.3 is 10.1 Å². The van der Waals surface area contributed by atoms with Gasteiger partial charge in [0, 0.05) is 16.6 Å². The zero-order valence-corrected chi connectivity index (χ0v) is 13.1. The summed E-state index contributed by atoms with van der Waals surface area (Å²) in [5.74, 6) is -0.280. The van der Waals surface area contributed by atoms with E-state index >= 15 is 0 Å². The second-order valence-corrected chi connectivity index (χ2v) is 5.94. The van der Waals surface area contributed by atoms with Gasteiger partial charge in [-0.2, -0.15) is 0 Å². The van der Waals surface area contributed by atoms with Crippen LogP contribution in [0.5, 0.6) is 0 Å². The lowest BCUT2D eigenvalue weighted by Gasteiger charge is -2.27. The zero-order chi connectivity index (χ0) is 15.4. The number of hydrogen-bond donors (Lipinski definition) is 1. The van der Waals surface area contributed by atoms with Gasteiger partial charge in [0.05, 0.1) is 13.0 Å². The molecule has 0 heterocycles. The Kier molecular flexibility index (Phi) is 5.23. The Morgan fingerprint density at radius 1 is 1.24 bits per heavy atom. The second kappa shape index (κ2) is 6.94. The molecular weight excluding hydrogens is 290 g/mol. The molecule has 0 radical (unpaired) electrons. The molecule has 1 aromatic carbocycles. The van der Waals surface area contributed by atoms with Gasteiger partial charge in [-0.05, 0) is 50.3 Å². The first-order valence-electron chi connectivity index (χ1n) is 7.16. The lowest BCUT2D eigenvalue weighted by Crippen LogP contribution is -2.39. The normalized spacial score (nSPS) is 21.7. The molecule has 2 rings (SSSR count). The molecule has 0 bridgehead atoms. The Morgan fingerprint density at radius 2 is 1.90 bits per heavy atom. The van der Waals surface area contributed by atoms with E-state index in [0.29, 0.717) is 10.6 Å². The molecule has 4 nitrogen and oxygen atoms in total. The summed E-state index contributed by atoms with van der Waals surface area (Å²) in [5.41, 5.74) is 1.51. The van der Waals surface area contributed by atoms with Gasteiger partial charge in [0.1, 0.15) is 0 Å². The van der Waals surface area contributed by atoms with Crippen molar-refractivity contribution in [2.45, 2.75) is 38.6 Å². The smallest absolute Gasteiger partial charge is 0.308 e. The molecule has 0 saturated heterocycles. The molecule has 1 amide bonds. The van der Waals surface area contributed by atoms with Crippen molar-refractivity contribution in [1.29, 1.82) is 0 Å². The fourth-order valence-electron chi connectivity index (χ4n) is 2.74. The molecule has 0 spiro atoms. The predicted octanol–water partition coefficient (Wildman–Crippen LogP) is 3.11. The van der Waals surface area contributed by atoms with Gasteiger partial charge in [-0.1, -0.05) is 17.7 Å². The van der Waals surface area contributed by atoms with Crippen molar-refractivity contribution < 1.29 is 14.3 Å². The minimum absolute atomic E-state index is 0.0314. The maximum atomic E-state index is 12.3. The standard InChI is InChI=1S/C16H20ClNO3/c1-10-3-6-12(17)9-14(10)15(19)18-13-7-4-11(5-8-13)16(20)21-2/h3,6,9,11,13H,4-5,7-8H2,1-2H3,(H,18,19). The number of benzene rings is 1. The number of nitrogens with one attached hydrogen (secondary N) is 1. The van der Waals surface area contributed by atoms with Gasteiger partial charge >= 0.3 is 5.97 Å². The van der Waals surface area contributed by atoms with Crippen LogP contribution in [-0.4, -0.2) is 25.0 Å². The molecule has 1 aromatic rings. The van der Waals surface area contributed by atoms with E-state index in [1.807, 2.05) is 13.0 Å². The number of rotatable bonds is 3. The lowest BCUT2D eigenvalue weighted by molar-refractivity contribution is -0.146. The van der Waals surface area contributed by atoms with Crippen LogP contribution in [0.25, 0.3) is 0 Å². The van der Waals surface area contributed by atoms with Gasteiger partial charge in [0.15, 0.2) is 0 Å². The minimum atomic E-state index is -0.148. The van der Waals surface area contributed by atoms with E-state index in [9.17, 15) is 9.59 Å². The maximum absolute atomic E-state index is 12.3. The molecule has 1 saturated carbocycles. The van der Waals surface area contributed by atoms with Gasteiger partial charge in [0.2, 0.25) is 0 Å². The molecule has 114 valence electrons. The fourth-order valence-corrected chi connectivity index (χ4v) is 2.91. The molecule has 1 fully saturated rings. The molecule has 0 aromatic heterocycles. The maximum Gasteiger partial charge on any atom is 0.308 e. The van der Waals surface area contributed by atoms with Crippen LogP contribution in [0.4, 0.5) is 0 Å². The molecule has 1 aliphatic carbocycles. The summed E-state index contributed by atoms with van der Waals surface area (Å²) in [6.07, 6.45) is 3.11. The van der Waals surface area contributed by atoms with Crippen LogP contribution in [0, 0.1) is 12.8 Å². The Bertz CT molecular complexity index is 536. The topological polar surface area (TPSA) is 55.4 Å². The van der Waals surface area contributed by atoms with Crippen molar-refractivity contribution in [3.05, 3.63) is 34.3 Å². The highest BCUT2D eigenvalue weighted by Gasteiger charge is 2.27. The summed E-state index contributed by atoms with van der Waals surface area (Å²) in [6.45, 7) is 1.89. The first kappa shape index (κ1) is 15.8. The highest BCUT2D eigenvalue weighted by atomic mass is 35.5. The third-order valence-corrected chi connectivity index (χ3v) is 4.28. The molecule has 0 aliphatic heterocycles. The van der Waals surface area contributed by atoms with Gasteiger partial charge in [-0.3, -0.25) is 9.59 Å². The first-order chi connectivity index (χ1) is 10.0. The molecule has 21 heavy (non-hydrogen) atoms. The van der Waals surface area contributed by atoms with Gasteiger partial charge in [-0.25, -0.2) is 0 Å². The summed E-state index contributed by atoms with van der Waals surface area (Å²) in [7, 11) is 1.41. The number of hydrogen-bond acceptors (Lipinski definition) is 3. The Morgan fingerprint density at radius 3 is 2.52 bits per heavy atom. The van der Waals surface area contributed by atoms with Gasteiger partial charge in [-0.15, -0.1) is 0 Å². The highest BCUT2D eigenvalue weighted by molar-refractivity contribution is 6.31. The third-order valence-electron chi connectivity index (χ3n) is 4.04. The number of carbonyl (C=O) groups excluding carboxylic acids is 2. The number of esters is 1.